The second-order valence-corrected chi connectivity index (χ2v) is 9.70. The second-order valence-electron chi connectivity index (χ2n) is 9.70. The predicted molar refractivity (Wildman–Crippen MR) is 143 cm³/mol. The Kier molecular flexibility index (Phi) is 6.74. The van der Waals surface area contributed by atoms with Gasteiger partial charge in [-0.05, 0) is 92.3 Å². The summed E-state index contributed by atoms with van der Waals surface area (Å²) in [6.45, 7) is 6.62. The largest absolute Gasteiger partial charge is 0.507 e. The summed E-state index contributed by atoms with van der Waals surface area (Å²) in [6.07, 6.45) is 2.60. The molecule has 1 fully saturated rings. The van der Waals surface area contributed by atoms with Gasteiger partial charge in [-0.1, -0.05) is 31.2 Å². The number of carbonyl (C=O) groups excluding carboxylic acids is 2. The zero-order valence-corrected chi connectivity index (χ0v) is 21.4. The summed E-state index contributed by atoms with van der Waals surface area (Å²) in [5, 5.41) is 11.5. The van der Waals surface area contributed by atoms with Crippen LogP contribution in [0, 0.1) is 0 Å². The van der Waals surface area contributed by atoms with E-state index in [-0.39, 0.29) is 17.4 Å². The van der Waals surface area contributed by atoms with E-state index in [1.807, 2.05) is 50.2 Å². The van der Waals surface area contributed by atoms with E-state index in [0.29, 0.717) is 23.6 Å². The molecule has 1 N–H and O–H groups in total. The van der Waals surface area contributed by atoms with Crippen LogP contribution in [-0.4, -0.2) is 29.5 Å². The normalized spacial score (nSPS) is 18.6. The fraction of sp³-hybridized carbons (Fsp3) is 0.290. The minimum Gasteiger partial charge on any atom is -0.507 e. The number of rotatable bonds is 6. The van der Waals surface area contributed by atoms with Crippen molar-refractivity contribution in [2.75, 3.05) is 11.5 Å². The number of amides is 1. The van der Waals surface area contributed by atoms with Crippen molar-refractivity contribution in [1.29, 1.82) is 0 Å². The van der Waals surface area contributed by atoms with E-state index in [4.69, 9.17) is 9.47 Å². The molecule has 0 radical (unpaired) electrons. The van der Waals surface area contributed by atoms with Crippen LogP contribution in [0.1, 0.15) is 55.5 Å². The predicted octanol–water partition coefficient (Wildman–Crippen LogP) is 5.99. The number of Topliss-reactive ketones (excluding diaryl/α,β-unsaturated/α-hetero) is 1. The maximum absolute atomic E-state index is 13.5. The van der Waals surface area contributed by atoms with Gasteiger partial charge in [0.2, 0.25) is 0 Å². The van der Waals surface area contributed by atoms with Crippen molar-refractivity contribution in [3.8, 4) is 11.5 Å². The smallest absolute Gasteiger partial charge is 0.300 e. The summed E-state index contributed by atoms with van der Waals surface area (Å²) >= 11 is 0. The first kappa shape index (κ1) is 24.6. The highest BCUT2D eigenvalue weighted by Gasteiger charge is 2.47. The average molecular weight is 498 g/mol. The quantitative estimate of drug-likeness (QED) is 0.257. The Morgan fingerprint density at radius 2 is 1.78 bits per heavy atom. The molecule has 0 aromatic heterocycles. The number of aliphatic hydroxyl groups is 1. The number of aliphatic hydroxyl groups excluding tert-OH is 1. The van der Waals surface area contributed by atoms with Crippen LogP contribution >= 0.6 is 0 Å². The first-order chi connectivity index (χ1) is 17.9. The van der Waals surface area contributed by atoms with Crippen LogP contribution in [0.4, 0.5) is 5.69 Å². The summed E-state index contributed by atoms with van der Waals surface area (Å²) in [6, 6.07) is 19.6. The number of carbonyl (C=O) groups is 2. The van der Waals surface area contributed by atoms with Crippen molar-refractivity contribution < 1.29 is 24.2 Å². The Labute approximate surface area is 217 Å². The number of hydrogen-bond acceptors (Lipinski definition) is 5. The summed E-state index contributed by atoms with van der Waals surface area (Å²) in [7, 11) is 0. The Hall–Kier alpha value is -4.06. The Morgan fingerprint density at radius 3 is 2.46 bits per heavy atom. The van der Waals surface area contributed by atoms with Crippen LogP contribution in [-0.2, 0) is 22.4 Å². The molecule has 3 aromatic rings. The molecule has 0 spiro atoms. The summed E-state index contributed by atoms with van der Waals surface area (Å²) in [5.41, 5.74) is 4.01. The number of hydrogen-bond donors (Lipinski definition) is 1. The topological polar surface area (TPSA) is 76.1 Å². The van der Waals surface area contributed by atoms with Crippen molar-refractivity contribution in [3.63, 3.8) is 0 Å². The van der Waals surface area contributed by atoms with E-state index in [2.05, 4.69) is 6.92 Å². The van der Waals surface area contributed by atoms with Crippen LogP contribution in [0.3, 0.4) is 0 Å². The molecule has 3 aromatic carbocycles. The molecule has 1 saturated heterocycles. The molecule has 0 saturated carbocycles. The van der Waals surface area contributed by atoms with Crippen molar-refractivity contribution >= 4 is 23.1 Å². The highest BCUT2D eigenvalue weighted by atomic mass is 16.5. The summed E-state index contributed by atoms with van der Waals surface area (Å²) in [5.74, 6) is -0.101. The molecule has 5 rings (SSSR count). The fourth-order valence-corrected chi connectivity index (χ4v) is 4.97. The molecule has 2 heterocycles. The van der Waals surface area contributed by atoms with Gasteiger partial charge in [-0.15, -0.1) is 0 Å². The second kappa shape index (κ2) is 10.1. The lowest BCUT2D eigenvalue weighted by Gasteiger charge is -2.26. The maximum Gasteiger partial charge on any atom is 0.300 e. The zero-order chi connectivity index (χ0) is 26.1. The molecule has 2 aliphatic rings. The Morgan fingerprint density at radius 1 is 1.05 bits per heavy atom. The maximum atomic E-state index is 13.5. The van der Waals surface area contributed by atoms with E-state index < -0.39 is 17.7 Å². The van der Waals surface area contributed by atoms with Crippen molar-refractivity contribution in [2.45, 2.75) is 52.2 Å². The highest BCUT2D eigenvalue weighted by molar-refractivity contribution is 6.51. The lowest BCUT2D eigenvalue weighted by Crippen LogP contribution is -2.29. The lowest BCUT2D eigenvalue weighted by atomic mass is 9.93. The number of fused-ring (bicyclic) bond motifs is 1. The summed E-state index contributed by atoms with van der Waals surface area (Å²) < 4.78 is 11.5. The van der Waals surface area contributed by atoms with E-state index in [0.717, 1.165) is 41.7 Å². The van der Waals surface area contributed by atoms with E-state index in [1.165, 1.54) is 4.90 Å². The van der Waals surface area contributed by atoms with Crippen molar-refractivity contribution in [3.05, 3.63) is 94.6 Å². The van der Waals surface area contributed by atoms with Gasteiger partial charge in [-0.2, -0.15) is 0 Å². The molecule has 6 heteroatoms. The van der Waals surface area contributed by atoms with Crippen LogP contribution in [0.2, 0.25) is 0 Å². The van der Waals surface area contributed by atoms with Gasteiger partial charge in [0.05, 0.1) is 24.3 Å². The summed E-state index contributed by atoms with van der Waals surface area (Å²) in [4.78, 5) is 28.4. The van der Waals surface area contributed by atoms with Gasteiger partial charge >= 0.3 is 0 Å². The van der Waals surface area contributed by atoms with Gasteiger partial charge in [-0.3, -0.25) is 14.5 Å². The number of aryl methyl sites for hydroxylation is 2. The van der Waals surface area contributed by atoms with E-state index >= 15 is 0 Å². The van der Waals surface area contributed by atoms with Crippen LogP contribution in [0.5, 0.6) is 11.5 Å². The van der Waals surface area contributed by atoms with Gasteiger partial charge in [0, 0.05) is 11.3 Å². The first-order valence-electron chi connectivity index (χ1n) is 12.8. The van der Waals surface area contributed by atoms with Gasteiger partial charge in [0.15, 0.2) is 0 Å². The monoisotopic (exact) mass is 497 g/mol. The number of ether oxygens (including phenoxy) is 2. The standard InChI is InChI=1S/C31H31NO5/c1-4-20-7-9-21(10-8-20)28-27(29(33)23-11-16-26-22(18-23)6-5-17-36-26)30(34)31(35)32(28)24-12-14-25(15-13-24)37-19(2)3/h7-16,18-19,28,33H,4-6,17H2,1-3H3/b29-27-. The molecule has 190 valence electrons. The Balaban J connectivity index is 1.63. The van der Waals surface area contributed by atoms with Crippen molar-refractivity contribution in [2.24, 2.45) is 0 Å². The number of benzene rings is 3. The minimum absolute atomic E-state index is 0.0131. The van der Waals surface area contributed by atoms with Crippen LogP contribution < -0.4 is 14.4 Å². The molecule has 37 heavy (non-hydrogen) atoms. The first-order valence-corrected chi connectivity index (χ1v) is 12.8. The third-order valence-corrected chi connectivity index (χ3v) is 6.82. The molecular weight excluding hydrogens is 466 g/mol. The third kappa shape index (κ3) is 4.71. The van der Waals surface area contributed by atoms with Gasteiger partial charge < -0.3 is 14.6 Å². The third-order valence-electron chi connectivity index (χ3n) is 6.82. The highest BCUT2D eigenvalue weighted by Crippen LogP contribution is 2.43. The van der Waals surface area contributed by atoms with Crippen molar-refractivity contribution in [1.82, 2.24) is 0 Å². The average Bonchev–Trinajstić information content (AvgIpc) is 3.18. The van der Waals surface area contributed by atoms with Gasteiger partial charge in [-0.25, -0.2) is 0 Å². The molecule has 1 amide bonds. The van der Waals surface area contributed by atoms with E-state index in [1.54, 1.807) is 30.3 Å². The van der Waals surface area contributed by atoms with Crippen LogP contribution in [0.25, 0.3) is 5.76 Å². The lowest BCUT2D eigenvalue weighted by molar-refractivity contribution is -0.132. The fourth-order valence-electron chi connectivity index (χ4n) is 4.97. The molecule has 0 bridgehead atoms. The Bertz CT molecular complexity index is 1360. The number of anilines is 1. The molecule has 0 aliphatic carbocycles. The number of ketones is 1. The van der Waals surface area contributed by atoms with E-state index in [9.17, 15) is 14.7 Å². The van der Waals surface area contributed by atoms with Gasteiger partial charge in [0.1, 0.15) is 17.3 Å². The minimum atomic E-state index is -0.768. The molecule has 2 aliphatic heterocycles. The zero-order valence-electron chi connectivity index (χ0n) is 21.4. The molecule has 1 atom stereocenters. The molecule has 6 nitrogen and oxygen atoms in total. The number of nitrogens with zero attached hydrogens (tertiary/aromatic N) is 1. The molecular formula is C31H31NO5. The van der Waals surface area contributed by atoms with Crippen LogP contribution in [0.15, 0.2) is 72.3 Å². The molecule has 1 unspecified atom stereocenters. The SMILES string of the molecule is CCc1ccc(C2/C(=C(/O)c3ccc4c(c3)CCCO4)C(=O)C(=O)N2c2ccc(OC(C)C)cc2)cc1. The van der Waals surface area contributed by atoms with Gasteiger partial charge in [0.25, 0.3) is 11.7 Å².